The summed E-state index contributed by atoms with van der Waals surface area (Å²) in [7, 11) is 0. The zero-order valence-electron chi connectivity index (χ0n) is 39.4. The van der Waals surface area contributed by atoms with Crippen LogP contribution in [-0.2, 0) is 6.42 Å². The first-order chi connectivity index (χ1) is 32.4. The van der Waals surface area contributed by atoms with Gasteiger partial charge in [-0.3, -0.25) is 0 Å². The minimum Gasteiger partial charge on any atom is -0.494 e. The molecule has 5 rings (SSSR count). The van der Waals surface area contributed by atoms with Crippen LogP contribution in [0.15, 0.2) is 132 Å². The molecule has 0 aliphatic heterocycles. The number of benzene rings is 5. The van der Waals surface area contributed by atoms with E-state index in [0.29, 0.717) is 29.4 Å². The quantitative estimate of drug-likeness (QED) is 0.0188. The molecule has 0 radical (unpaired) electrons. The first-order valence-electron chi connectivity index (χ1n) is 24.6. The molecule has 0 amide bonds. The highest BCUT2D eigenvalue weighted by atomic mass is 16.5. The molecule has 0 N–H and O–H groups in total. The van der Waals surface area contributed by atoms with Crippen molar-refractivity contribution < 1.29 is 33.3 Å². The number of nitrogens with zero attached hydrogens (tertiary/aromatic N) is 2. The summed E-state index contributed by atoms with van der Waals surface area (Å²) in [6.45, 7) is 5.16. The lowest BCUT2D eigenvalue weighted by Gasteiger charge is -2.09. The first kappa shape index (κ1) is 50.9. The molecule has 5 aromatic carbocycles. The Kier molecular flexibility index (Phi) is 23.3. The summed E-state index contributed by atoms with van der Waals surface area (Å²) in [5.41, 5.74) is 3.66. The summed E-state index contributed by atoms with van der Waals surface area (Å²) in [6.07, 6.45) is 27.1. The van der Waals surface area contributed by atoms with Crippen LogP contribution in [0.3, 0.4) is 0 Å². The Morgan fingerprint density at radius 2 is 0.652 bits per heavy atom. The van der Waals surface area contributed by atoms with E-state index in [-0.39, 0.29) is 22.6 Å². The molecule has 0 saturated carbocycles. The molecule has 0 saturated heterocycles. The fourth-order valence-corrected chi connectivity index (χ4v) is 7.52. The van der Waals surface area contributed by atoms with E-state index in [1.165, 1.54) is 170 Å². The van der Waals surface area contributed by atoms with Gasteiger partial charge in [0.05, 0.1) is 34.7 Å². The normalized spacial score (nSPS) is 11.1. The minimum absolute atomic E-state index is 0.251. The number of esters is 3. The SMILES string of the molecule is CCCCCCCCCCCCOc1ccc(C(=O)Oc2ccc(C(=O)Oc3ccc(C(=O)Oc4ccc(N=Nc5ccc(CCCCCCCCCCCC)cc5)cc4)cc3)cc2)cc1. The number of azo groups is 1. The lowest BCUT2D eigenvalue weighted by molar-refractivity contribution is 0.0725. The number of ether oxygens (including phenoxy) is 4. The standard InChI is InChI=1S/C57H70N2O7/c1-3-5-7-9-11-13-15-17-19-21-23-45-24-32-49(33-25-45)58-59-50-34-42-54(43-35-50)66-57(62)48-30-40-53(41-31-48)65-56(61)47-28-38-52(39-29-47)64-55(60)46-26-36-51(37-27-46)63-44-22-20-18-16-14-12-10-8-6-4-2/h24-43H,3-23,44H2,1-2H3. The molecule has 0 spiro atoms. The second-order valence-corrected chi connectivity index (χ2v) is 17.1. The van der Waals surface area contributed by atoms with E-state index in [0.717, 1.165) is 24.9 Å². The van der Waals surface area contributed by atoms with Crippen LogP contribution in [0.1, 0.15) is 179 Å². The van der Waals surface area contributed by atoms with Crippen LogP contribution < -0.4 is 18.9 Å². The van der Waals surface area contributed by atoms with Gasteiger partial charge in [0.25, 0.3) is 0 Å². The van der Waals surface area contributed by atoms with Crippen LogP contribution in [0.25, 0.3) is 0 Å². The fourth-order valence-electron chi connectivity index (χ4n) is 7.52. The molecule has 0 aliphatic rings. The zero-order chi connectivity index (χ0) is 46.4. The maximum Gasteiger partial charge on any atom is 0.343 e. The summed E-state index contributed by atoms with van der Waals surface area (Å²) < 4.78 is 22.4. The molecule has 9 heteroatoms. The minimum atomic E-state index is -0.606. The number of hydrogen-bond donors (Lipinski definition) is 0. The van der Waals surface area contributed by atoms with Gasteiger partial charge in [0.15, 0.2) is 0 Å². The monoisotopic (exact) mass is 895 g/mol. The number of unbranched alkanes of at least 4 members (excludes halogenated alkanes) is 18. The van der Waals surface area contributed by atoms with Gasteiger partial charge in [-0.05, 0) is 134 Å². The van der Waals surface area contributed by atoms with Crippen molar-refractivity contribution in [3.05, 3.63) is 144 Å². The van der Waals surface area contributed by atoms with E-state index in [4.69, 9.17) is 18.9 Å². The summed E-state index contributed by atoms with van der Waals surface area (Å²) in [5, 5.41) is 8.70. The summed E-state index contributed by atoms with van der Waals surface area (Å²) >= 11 is 0. The fraction of sp³-hybridized carbons (Fsp3) is 0.421. The van der Waals surface area contributed by atoms with Crippen LogP contribution in [0, 0.1) is 0 Å². The van der Waals surface area contributed by atoms with E-state index >= 15 is 0 Å². The molecule has 0 aromatic heterocycles. The highest BCUT2D eigenvalue weighted by Crippen LogP contribution is 2.25. The summed E-state index contributed by atoms with van der Waals surface area (Å²) in [4.78, 5) is 38.5. The van der Waals surface area contributed by atoms with Gasteiger partial charge in [-0.15, -0.1) is 0 Å². The number of hydrogen-bond acceptors (Lipinski definition) is 9. The number of aryl methyl sites for hydroxylation is 1. The molecule has 0 heterocycles. The number of rotatable bonds is 31. The first-order valence-corrected chi connectivity index (χ1v) is 24.6. The van der Waals surface area contributed by atoms with Crippen molar-refractivity contribution in [2.75, 3.05) is 6.61 Å². The van der Waals surface area contributed by atoms with Gasteiger partial charge in [0.2, 0.25) is 0 Å². The predicted molar refractivity (Wildman–Crippen MR) is 264 cm³/mol. The second-order valence-electron chi connectivity index (χ2n) is 17.1. The van der Waals surface area contributed by atoms with Crippen molar-refractivity contribution in [3.8, 4) is 23.0 Å². The summed E-state index contributed by atoms with van der Waals surface area (Å²) in [5.74, 6) is -0.0735. The van der Waals surface area contributed by atoms with Crippen molar-refractivity contribution in [3.63, 3.8) is 0 Å². The van der Waals surface area contributed by atoms with E-state index in [2.05, 4.69) is 36.2 Å². The molecular weight excluding hydrogens is 825 g/mol. The Morgan fingerprint density at radius 3 is 1.03 bits per heavy atom. The van der Waals surface area contributed by atoms with E-state index in [9.17, 15) is 14.4 Å². The van der Waals surface area contributed by atoms with Gasteiger partial charge in [-0.2, -0.15) is 10.2 Å². The molecule has 0 fully saturated rings. The van der Waals surface area contributed by atoms with Gasteiger partial charge in [0.1, 0.15) is 23.0 Å². The van der Waals surface area contributed by atoms with E-state index < -0.39 is 17.9 Å². The number of carbonyl (C=O) groups is 3. The lowest BCUT2D eigenvalue weighted by atomic mass is 10.0. The molecular formula is C57H70N2O7. The van der Waals surface area contributed by atoms with Gasteiger partial charge < -0.3 is 18.9 Å². The van der Waals surface area contributed by atoms with Crippen molar-refractivity contribution in [1.29, 1.82) is 0 Å². The van der Waals surface area contributed by atoms with Gasteiger partial charge >= 0.3 is 17.9 Å². The molecule has 66 heavy (non-hydrogen) atoms. The predicted octanol–water partition coefficient (Wildman–Crippen LogP) is 16.5. The average molecular weight is 895 g/mol. The average Bonchev–Trinajstić information content (AvgIpc) is 3.34. The van der Waals surface area contributed by atoms with Crippen LogP contribution in [0.4, 0.5) is 11.4 Å². The van der Waals surface area contributed by atoms with Crippen molar-refractivity contribution >= 4 is 29.3 Å². The van der Waals surface area contributed by atoms with Crippen LogP contribution in [-0.4, -0.2) is 24.5 Å². The van der Waals surface area contributed by atoms with Crippen LogP contribution in [0.5, 0.6) is 23.0 Å². The van der Waals surface area contributed by atoms with Crippen LogP contribution >= 0.6 is 0 Å². The topological polar surface area (TPSA) is 113 Å². The molecule has 0 bridgehead atoms. The van der Waals surface area contributed by atoms with E-state index in [1.54, 1.807) is 48.5 Å². The van der Waals surface area contributed by atoms with Gasteiger partial charge in [0, 0.05) is 0 Å². The van der Waals surface area contributed by atoms with Gasteiger partial charge in [-0.25, -0.2) is 14.4 Å². The number of carbonyl (C=O) groups excluding carboxylic acids is 3. The van der Waals surface area contributed by atoms with Crippen molar-refractivity contribution in [2.24, 2.45) is 10.2 Å². The van der Waals surface area contributed by atoms with E-state index in [1.807, 2.05) is 12.1 Å². The van der Waals surface area contributed by atoms with Gasteiger partial charge in [-0.1, -0.05) is 142 Å². The highest BCUT2D eigenvalue weighted by Gasteiger charge is 2.14. The third kappa shape index (κ3) is 19.6. The Bertz CT molecular complexity index is 2170. The zero-order valence-corrected chi connectivity index (χ0v) is 39.4. The van der Waals surface area contributed by atoms with Crippen molar-refractivity contribution in [1.82, 2.24) is 0 Å². The Balaban J connectivity index is 0.958. The maximum absolute atomic E-state index is 12.9. The molecule has 9 nitrogen and oxygen atoms in total. The Hall–Kier alpha value is -6.09. The third-order valence-electron chi connectivity index (χ3n) is 11.5. The lowest BCUT2D eigenvalue weighted by Crippen LogP contribution is -2.11. The summed E-state index contributed by atoms with van der Waals surface area (Å²) in [6, 6.07) is 34.1. The maximum atomic E-state index is 12.9. The molecule has 0 unspecified atom stereocenters. The third-order valence-corrected chi connectivity index (χ3v) is 11.5. The molecule has 0 aliphatic carbocycles. The molecule has 5 aromatic rings. The highest BCUT2D eigenvalue weighted by molar-refractivity contribution is 5.93. The van der Waals surface area contributed by atoms with Crippen LogP contribution in [0.2, 0.25) is 0 Å². The molecule has 0 atom stereocenters. The van der Waals surface area contributed by atoms with Crippen molar-refractivity contribution in [2.45, 2.75) is 149 Å². The largest absolute Gasteiger partial charge is 0.494 e. The smallest absolute Gasteiger partial charge is 0.343 e. The Morgan fingerprint density at radius 1 is 0.348 bits per heavy atom. The second kappa shape index (κ2) is 30.2. The Labute approximate surface area is 393 Å². The molecule has 350 valence electrons.